The Bertz CT molecular complexity index is 138. The summed E-state index contributed by atoms with van der Waals surface area (Å²) in [6, 6.07) is 0.976. The number of aliphatic hydroxyl groups excluding tert-OH is 1. The molecule has 0 saturated carbocycles. The van der Waals surface area contributed by atoms with Crippen LogP contribution in [-0.2, 0) is 0 Å². The van der Waals surface area contributed by atoms with Crippen molar-refractivity contribution in [3.8, 4) is 0 Å². The van der Waals surface area contributed by atoms with Crippen LogP contribution in [0.25, 0.3) is 0 Å². The van der Waals surface area contributed by atoms with Crippen molar-refractivity contribution in [3.63, 3.8) is 0 Å². The van der Waals surface area contributed by atoms with Crippen LogP contribution < -0.4 is 0 Å². The van der Waals surface area contributed by atoms with Gasteiger partial charge in [0.05, 0.1) is 6.61 Å². The highest BCUT2D eigenvalue weighted by Crippen LogP contribution is 2.24. The van der Waals surface area contributed by atoms with Gasteiger partial charge < -0.3 is 5.11 Å². The van der Waals surface area contributed by atoms with Crippen molar-refractivity contribution < 1.29 is 5.11 Å². The Kier molecular flexibility index (Phi) is 3.53. The molecule has 1 aliphatic rings. The molecule has 1 fully saturated rings. The highest BCUT2D eigenvalue weighted by molar-refractivity contribution is 4.81. The van der Waals surface area contributed by atoms with Gasteiger partial charge in [-0.3, -0.25) is 4.90 Å². The van der Waals surface area contributed by atoms with Crippen molar-refractivity contribution in [1.82, 2.24) is 4.90 Å². The van der Waals surface area contributed by atoms with Crippen LogP contribution >= 0.6 is 0 Å². The van der Waals surface area contributed by atoms with E-state index in [0.29, 0.717) is 12.1 Å². The van der Waals surface area contributed by atoms with Gasteiger partial charge in [-0.25, -0.2) is 0 Å². The summed E-state index contributed by atoms with van der Waals surface area (Å²) in [5, 5.41) is 9.05. The second kappa shape index (κ2) is 4.24. The van der Waals surface area contributed by atoms with Crippen LogP contribution in [0, 0.1) is 5.92 Å². The van der Waals surface area contributed by atoms with Gasteiger partial charge in [0.2, 0.25) is 0 Å². The molecule has 0 aromatic rings. The Morgan fingerprint density at radius 3 is 2.75 bits per heavy atom. The van der Waals surface area contributed by atoms with E-state index >= 15 is 0 Å². The average Bonchev–Trinajstić information content (AvgIpc) is 2.08. The molecule has 1 saturated heterocycles. The van der Waals surface area contributed by atoms with Crippen molar-refractivity contribution in [3.05, 3.63) is 0 Å². The molecule has 0 aliphatic carbocycles. The summed E-state index contributed by atoms with van der Waals surface area (Å²) in [6.45, 7) is 8.13. The zero-order chi connectivity index (χ0) is 9.14. The summed E-state index contributed by atoms with van der Waals surface area (Å²) < 4.78 is 0. The first-order valence-corrected chi connectivity index (χ1v) is 5.03. The van der Waals surface area contributed by atoms with Crippen molar-refractivity contribution in [1.29, 1.82) is 0 Å². The minimum absolute atomic E-state index is 0.289. The highest BCUT2D eigenvalue weighted by atomic mass is 16.3. The molecule has 1 N–H and O–H groups in total. The standard InChI is InChI=1S/C10H21NO/c1-8-5-4-6-11(10(8)3)9(2)7-12/h8-10,12H,4-7H2,1-3H3. The predicted molar refractivity (Wildman–Crippen MR) is 51.1 cm³/mol. The average molecular weight is 171 g/mol. The highest BCUT2D eigenvalue weighted by Gasteiger charge is 2.27. The predicted octanol–water partition coefficient (Wildman–Crippen LogP) is 1.49. The Morgan fingerprint density at radius 2 is 2.17 bits per heavy atom. The van der Waals surface area contributed by atoms with Gasteiger partial charge in [-0.2, -0.15) is 0 Å². The summed E-state index contributed by atoms with van der Waals surface area (Å²) in [7, 11) is 0. The number of piperidine rings is 1. The Balaban J connectivity index is 2.51. The van der Waals surface area contributed by atoms with E-state index in [1.54, 1.807) is 0 Å². The molecule has 2 heteroatoms. The van der Waals surface area contributed by atoms with Crippen LogP contribution in [0.4, 0.5) is 0 Å². The van der Waals surface area contributed by atoms with Crippen LogP contribution in [-0.4, -0.2) is 35.2 Å². The summed E-state index contributed by atoms with van der Waals surface area (Å²) in [4.78, 5) is 2.42. The van der Waals surface area contributed by atoms with E-state index in [2.05, 4.69) is 25.7 Å². The van der Waals surface area contributed by atoms with Crippen LogP contribution in [0.5, 0.6) is 0 Å². The third kappa shape index (κ3) is 1.99. The SMILES string of the molecule is CC1CCCN(C(C)CO)C1C. The first-order chi connectivity index (χ1) is 5.66. The molecule has 0 aromatic heterocycles. The number of nitrogens with zero attached hydrogens (tertiary/aromatic N) is 1. The summed E-state index contributed by atoms with van der Waals surface area (Å²) in [5.74, 6) is 0.785. The van der Waals surface area contributed by atoms with E-state index in [-0.39, 0.29) is 6.61 Å². The smallest absolute Gasteiger partial charge is 0.0584 e. The molecule has 3 atom stereocenters. The molecule has 1 aliphatic heterocycles. The fourth-order valence-electron chi connectivity index (χ4n) is 2.09. The van der Waals surface area contributed by atoms with Crippen LogP contribution in [0.2, 0.25) is 0 Å². The van der Waals surface area contributed by atoms with E-state index in [1.165, 1.54) is 12.8 Å². The lowest BCUT2D eigenvalue weighted by molar-refractivity contribution is 0.0467. The molecule has 72 valence electrons. The maximum Gasteiger partial charge on any atom is 0.0584 e. The van der Waals surface area contributed by atoms with Crippen LogP contribution in [0.3, 0.4) is 0 Å². The van der Waals surface area contributed by atoms with Gasteiger partial charge in [0.15, 0.2) is 0 Å². The minimum Gasteiger partial charge on any atom is -0.395 e. The van der Waals surface area contributed by atoms with Gasteiger partial charge in [-0.05, 0) is 39.2 Å². The number of likely N-dealkylation sites (tertiary alicyclic amines) is 1. The van der Waals surface area contributed by atoms with Crippen molar-refractivity contribution >= 4 is 0 Å². The van der Waals surface area contributed by atoms with Gasteiger partial charge in [0.1, 0.15) is 0 Å². The lowest BCUT2D eigenvalue weighted by atomic mass is 9.91. The van der Waals surface area contributed by atoms with Gasteiger partial charge in [-0.15, -0.1) is 0 Å². The Morgan fingerprint density at radius 1 is 1.50 bits per heavy atom. The van der Waals surface area contributed by atoms with Gasteiger partial charge in [-0.1, -0.05) is 6.92 Å². The molecule has 0 spiro atoms. The van der Waals surface area contributed by atoms with Crippen molar-refractivity contribution in [2.24, 2.45) is 5.92 Å². The molecular formula is C10H21NO. The van der Waals surface area contributed by atoms with Gasteiger partial charge in [0.25, 0.3) is 0 Å². The summed E-state index contributed by atoms with van der Waals surface area (Å²) in [6.07, 6.45) is 2.63. The van der Waals surface area contributed by atoms with E-state index in [9.17, 15) is 0 Å². The first-order valence-electron chi connectivity index (χ1n) is 5.03. The summed E-state index contributed by atoms with van der Waals surface area (Å²) >= 11 is 0. The third-order valence-corrected chi connectivity index (χ3v) is 3.25. The number of aliphatic hydroxyl groups is 1. The maximum atomic E-state index is 9.05. The quantitative estimate of drug-likeness (QED) is 0.680. The zero-order valence-electron chi connectivity index (χ0n) is 8.45. The topological polar surface area (TPSA) is 23.5 Å². The molecule has 1 rings (SSSR count). The molecule has 0 bridgehead atoms. The zero-order valence-corrected chi connectivity index (χ0v) is 8.45. The third-order valence-electron chi connectivity index (χ3n) is 3.25. The Hall–Kier alpha value is -0.0800. The second-order valence-electron chi connectivity index (χ2n) is 4.13. The fraction of sp³-hybridized carbons (Fsp3) is 1.00. The summed E-state index contributed by atoms with van der Waals surface area (Å²) in [5.41, 5.74) is 0. The van der Waals surface area contributed by atoms with Crippen molar-refractivity contribution in [2.45, 2.75) is 45.7 Å². The molecule has 3 unspecified atom stereocenters. The number of hydrogen-bond donors (Lipinski definition) is 1. The molecule has 0 aromatic carbocycles. The van der Waals surface area contributed by atoms with Gasteiger partial charge in [0, 0.05) is 12.1 Å². The normalized spacial score (nSPS) is 35.0. The lowest BCUT2D eigenvalue weighted by Crippen LogP contribution is -2.48. The lowest BCUT2D eigenvalue weighted by Gasteiger charge is -2.41. The number of hydrogen-bond acceptors (Lipinski definition) is 2. The fourth-order valence-corrected chi connectivity index (χ4v) is 2.09. The second-order valence-corrected chi connectivity index (χ2v) is 4.13. The van der Waals surface area contributed by atoms with Crippen LogP contribution in [0.15, 0.2) is 0 Å². The maximum absolute atomic E-state index is 9.05. The first kappa shape index (κ1) is 10.0. The molecular weight excluding hydrogens is 150 g/mol. The van der Waals surface area contributed by atoms with Crippen LogP contribution in [0.1, 0.15) is 33.6 Å². The molecule has 1 heterocycles. The van der Waals surface area contributed by atoms with E-state index < -0.39 is 0 Å². The van der Waals surface area contributed by atoms with E-state index in [4.69, 9.17) is 5.11 Å². The minimum atomic E-state index is 0.289. The molecule has 0 amide bonds. The van der Waals surface area contributed by atoms with Gasteiger partial charge >= 0.3 is 0 Å². The molecule has 2 nitrogen and oxygen atoms in total. The molecule has 12 heavy (non-hydrogen) atoms. The largest absolute Gasteiger partial charge is 0.395 e. The number of rotatable bonds is 2. The van der Waals surface area contributed by atoms with E-state index in [0.717, 1.165) is 12.5 Å². The molecule has 0 radical (unpaired) electrons. The monoisotopic (exact) mass is 171 g/mol. The van der Waals surface area contributed by atoms with E-state index in [1.807, 2.05) is 0 Å². The Labute approximate surface area is 75.6 Å². The van der Waals surface area contributed by atoms with Crippen molar-refractivity contribution in [2.75, 3.05) is 13.2 Å².